The van der Waals surface area contributed by atoms with Crippen molar-refractivity contribution in [1.29, 1.82) is 0 Å². The molecular weight excluding hydrogens is 399 g/mol. The van der Waals surface area contributed by atoms with Crippen molar-refractivity contribution >= 4 is 29.6 Å². The number of halogens is 4. The lowest BCUT2D eigenvalue weighted by Crippen LogP contribution is -2.52. The van der Waals surface area contributed by atoms with Crippen LogP contribution in [0.15, 0.2) is 53.5 Å². The second-order valence-electron chi connectivity index (χ2n) is 7.65. The summed E-state index contributed by atoms with van der Waals surface area (Å²) in [5.41, 5.74) is 1.98. The number of nitrogens with zero attached hydrogens (tertiary/aromatic N) is 1. The molecule has 0 atom stereocenters. The van der Waals surface area contributed by atoms with Crippen molar-refractivity contribution in [2.75, 3.05) is 10.6 Å². The molecule has 1 aliphatic heterocycles. The molecule has 156 valence electrons. The monoisotopic (exact) mass is 423 g/mol. The highest BCUT2D eigenvalue weighted by Gasteiger charge is 2.39. The number of benzene rings is 2. The molecule has 1 heterocycles. The fourth-order valence-electron chi connectivity index (χ4n) is 4.12. The third-order valence-corrected chi connectivity index (χ3v) is 5.67. The van der Waals surface area contributed by atoms with Gasteiger partial charge in [-0.15, -0.1) is 12.4 Å². The molecule has 1 aliphatic carbocycles. The number of fused-ring (bicyclic) bond motifs is 1. The van der Waals surface area contributed by atoms with Gasteiger partial charge in [-0.1, -0.05) is 49.9 Å². The molecule has 2 aromatic carbocycles. The van der Waals surface area contributed by atoms with E-state index in [1.54, 1.807) is 0 Å². The van der Waals surface area contributed by atoms with E-state index in [4.69, 9.17) is 4.99 Å². The molecule has 0 amide bonds. The van der Waals surface area contributed by atoms with Gasteiger partial charge in [-0.2, -0.15) is 13.2 Å². The van der Waals surface area contributed by atoms with Gasteiger partial charge in [-0.3, -0.25) is 4.99 Å². The Labute approximate surface area is 175 Å². The van der Waals surface area contributed by atoms with Gasteiger partial charge < -0.3 is 10.6 Å². The molecule has 1 saturated carbocycles. The lowest BCUT2D eigenvalue weighted by atomic mass is 9.86. The van der Waals surface area contributed by atoms with Gasteiger partial charge in [-0.05, 0) is 42.7 Å². The first-order chi connectivity index (χ1) is 13.5. The maximum absolute atomic E-state index is 12.8. The van der Waals surface area contributed by atoms with Crippen molar-refractivity contribution in [3.8, 4) is 0 Å². The Hall–Kier alpha value is -2.21. The van der Waals surface area contributed by atoms with Gasteiger partial charge in [0.15, 0.2) is 0 Å². The first-order valence-electron chi connectivity index (χ1n) is 9.82. The van der Waals surface area contributed by atoms with Crippen molar-refractivity contribution in [1.82, 2.24) is 0 Å². The minimum atomic E-state index is -4.31. The molecule has 2 aromatic rings. The maximum atomic E-state index is 12.8. The summed E-state index contributed by atoms with van der Waals surface area (Å²) >= 11 is 0. The molecule has 0 unspecified atom stereocenters. The Morgan fingerprint density at radius 2 is 1.48 bits per heavy atom. The standard InChI is InChI=1S/C22H24F3N3.ClH/c23-22(24,25)17-11-9-16(10-12-17)15-26-20-21(13-5-1-2-6-14-21)28-19-8-4-3-7-18(19)27-20;/h3-4,7-12,28H,1-2,5-6,13-15H2,(H,26,27);1H. The van der Waals surface area contributed by atoms with E-state index in [2.05, 4.69) is 16.7 Å². The van der Waals surface area contributed by atoms with E-state index in [1.165, 1.54) is 25.0 Å². The summed E-state index contributed by atoms with van der Waals surface area (Å²) in [7, 11) is 0. The van der Waals surface area contributed by atoms with Crippen molar-refractivity contribution < 1.29 is 13.2 Å². The topological polar surface area (TPSA) is 36.4 Å². The zero-order valence-electron chi connectivity index (χ0n) is 16.1. The molecule has 1 fully saturated rings. The van der Waals surface area contributed by atoms with Gasteiger partial charge in [0.1, 0.15) is 5.84 Å². The zero-order chi connectivity index (χ0) is 19.6. The van der Waals surface area contributed by atoms with Gasteiger partial charge >= 0.3 is 6.18 Å². The molecule has 0 aromatic heterocycles. The summed E-state index contributed by atoms with van der Waals surface area (Å²) in [5, 5.41) is 7.22. The highest BCUT2D eigenvalue weighted by atomic mass is 35.5. The van der Waals surface area contributed by atoms with E-state index in [-0.39, 0.29) is 17.9 Å². The largest absolute Gasteiger partial charge is 0.416 e. The average Bonchev–Trinajstić information content (AvgIpc) is 2.92. The minimum absolute atomic E-state index is 0. The fraction of sp³-hybridized carbons (Fsp3) is 0.409. The minimum Gasteiger partial charge on any atom is -0.371 e. The molecular formula is C22H25ClF3N3. The highest BCUT2D eigenvalue weighted by molar-refractivity contribution is 6.09. The van der Waals surface area contributed by atoms with E-state index in [1.807, 2.05) is 18.2 Å². The molecule has 2 N–H and O–H groups in total. The Balaban J connectivity index is 0.00000240. The number of rotatable bonds is 2. The van der Waals surface area contributed by atoms with Crippen LogP contribution in [0, 0.1) is 0 Å². The fourth-order valence-corrected chi connectivity index (χ4v) is 4.12. The van der Waals surface area contributed by atoms with Crippen LogP contribution in [0.1, 0.15) is 49.7 Å². The number of hydrogen-bond donors (Lipinski definition) is 2. The van der Waals surface area contributed by atoms with Crippen LogP contribution >= 0.6 is 12.4 Å². The van der Waals surface area contributed by atoms with Crippen LogP contribution in [0.25, 0.3) is 0 Å². The van der Waals surface area contributed by atoms with Crippen molar-refractivity contribution in [2.45, 2.75) is 56.8 Å². The number of para-hydroxylation sites is 2. The third kappa shape index (κ3) is 4.69. The predicted molar refractivity (Wildman–Crippen MR) is 114 cm³/mol. The SMILES string of the molecule is Cl.FC(F)(F)c1ccc(CN=C2Nc3ccccc3NC23CCCCCC3)cc1. The summed E-state index contributed by atoms with van der Waals surface area (Å²) in [4.78, 5) is 4.82. The Morgan fingerprint density at radius 3 is 2.10 bits per heavy atom. The van der Waals surface area contributed by atoms with Gasteiger partial charge in [0, 0.05) is 0 Å². The quantitative estimate of drug-likeness (QED) is 0.566. The zero-order valence-corrected chi connectivity index (χ0v) is 16.9. The van der Waals surface area contributed by atoms with E-state index in [0.717, 1.165) is 60.6 Å². The van der Waals surface area contributed by atoms with Crippen LogP contribution < -0.4 is 10.6 Å². The van der Waals surface area contributed by atoms with E-state index in [9.17, 15) is 13.2 Å². The average molecular weight is 424 g/mol. The van der Waals surface area contributed by atoms with Crippen LogP contribution in [0.2, 0.25) is 0 Å². The van der Waals surface area contributed by atoms with E-state index in [0.29, 0.717) is 6.54 Å². The first kappa shape index (κ1) is 21.5. The maximum Gasteiger partial charge on any atom is 0.416 e. The number of anilines is 2. The Bertz CT molecular complexity index is 854. The van der Waals surface area contributed by atoms with Crippen LogP contribution in [-0.2, 0) is 12.7 Å². The molecule has 1 spiro atoms. The van der Waals surface area contributed by atoms with Gasteiger partial charge in [0.05, 0.1) is 29.0 Å². The van der Waals surface area contributed by atoms with E-state index >= 15 is 0 Å². The van der Waals surface area contributed by atoms with Crippen LogP contribution in [0.4, 0.5) is 24.5 Å². The predicted octanol–water partition coefficient (Wildman–Crippen LogP) is 6.66. The van der Waals surface area contributed by atoms with Crippen LogP contribution in [0.3, 0.4) is 0 Å². The Morgan fingerprint density at radius 1 is 0.862 bits per heavy atom. The highest BCUT2D eigenvalue weighted by Crippen LogP contribution is 2.39. The number of amidine groups is 1. The second kappa shape index (κ2) is 8.66. The molecule has 7 heteroatoms. The van der Waals surface area contributed by atoms with Crippen molar-refractivity contribution in [3.63, 3.8) is 0 Å². The van der Waals surface area contributed by atoms with Crippen LogP contribution in [0.5, 0.6) is 0 Å². The molecule has 3 nitrogen and oxygen atoms in total. The third-order valence-electron chi connectivity index (χ3n) is 5.67. The summed E-state index contributed by atoms with van der Waals surface area (Å²) < 4.78 is 38.3. The molecule has 0 saturated heterocycles. The summed E-state index contributed by atoms with van der Waals surface area (Å²) in [6.07, 6.45) is 2.40. The second-order valence-corrected chi connectivity index (χ2v) is 7.65. The van der Waals surface area contributed by atoms with Crippen LogP contribution in [-0.4, -0.2) is 11.4 Å². The lowest BCUT2D eigenvalue weighted by Gasteiger charge is -2.41. The first-order valence-corrected chi connectivity index (χ1v) is 9.82. The smallest absolute Gasteiger partial charge is 0.371 e. The number of hydrogen-bond acceptors (Lipinski definition) is 2. The van der Waals surface area contributed by atoms with Gasteiger partial charge in [-0.25, -0.2) is 0 Å². The number of nitrogens with one attached hydrogen (secondary N) is 2. The summed E-state index contributed by atoms with van der Waals surface area (Å²) in [6, 6.07) is 13.3. The Kier molecular flexibility index (Phi) is 6.42. The summed E-state index contributed by atoms with van der Waals surface area (Å²) in [6.45, 7) is 0.353. The van der Waals surface area contributed by atoms with Gasteiger partial charge in [0.25, 0.3) is 0 Å². The lowest BCUT2D eigenvalue weighted by molar-refractivity contribution is -0.137. The van der Waals surface area contributed by atoms with Crippen molar-refractivity contribution in [3.05, 3.63) is 59.7 Å². The molecule has 0 radical (unpaired) electrons. The summed E-state index contributed by atoms with van der Waals surface area (Å²) in [5.74, 6) is 0.896. The molecule has 29 heavy (non-hydrogen) atoms. The number of aliphatic imine (C=N–C) groups is 1. The van der Waals surface area contributed by atoms with Crippen molar-refractivity contribution in [2.24, 2.45) is 4.99 Å². The molecule has 2 aliphatic rings. The molecule has 4 rings (SSSR count). The molecule has 0 bridgehead atoms. The normalized spacial score (nSPS) is 19.5. The van der Waals surface area contributed by atoms with E-state index < -0.39 is 11.7 Å². The van der Waals surface area contributed by atoms with Gasteiger partial charge in [0.2, 0.25) is 0 Å². The number of alkyl halides is 3.